The second-order valence-corrected chi connectivity index (χ2v) is 7.50. The number of halogens is 5. The van der Waals surface area contributed by atoms with E-state index in [1.54, 1.807) is 13.0 Å². The number of carbonyl (C=O) groups is 1. The van der Waals surface area contributed by atoms with Gasteiger partial charge in [-0.1, -0.05) is 0 Å². The molecule has 1 amide bonds. The van der Waals surface area contributed by atoms with Crippen LogP contribution in [0.1, 0.15) is 27.2 Å². The van der Waals surface area contributed by atoms with Gasteiger partial charge in [0.25, 0.3) is 5.91 Å². The van der Waals surface area contributed by atoms with E-state index >= 15 is 0 Å². The molecule has 0 N–H and O–H groups in total. The van der Waals surface area contributed by atoms with E-state index in [-0.39, 0.29) is 29.2 Å². The summed E-state index contributed by atoms with van der Waals surface area (Å²) in [6, 6.07) is 8.11. The molecule has 0 saturated carbocycles. The first-order valence-corrected chi connectivity index (χ1v) is 9.79. The van der Waals surface area contributed by atoms with Crippen LogP contribution < -0.4 is 14.5 Å². The minimum atomic E-state index is -4.67. The molecule has 0 atom stereocenters. The first kappa shape index (κ1) is 22.5. The van der Waals surface area contributed by atoms with Crippen molar-refractivity contribution in [2.24, 2.45) is 0 Å². The van der Waals surface area contributed by atoms with Gasteiger partial charge >= 0.3 is 6.18 Å². The Labute approximate surface area is 186 Å². The number of alkyl halides is 3. The number of hydrogen-bond donors (Lipinski definition) is 0. The maximum atomic E-state index is 14.3. The Morgan fingerprint density at radius 2 is 1.61 bits per heavy atom. The zero-order valence-corrected chi connectivity index (χ0v) is 17.8. The number of amides is 1. The highest BCUT2D eigenvalue weighted by Gasteiger charge is 2.37. The lowest BCUT2D eigenvalue weighted by molar-refractivity contribution is -0.137. The van der Waals surface area contributed by atoms with Crippen molar-refractivity contribution in [3.05, 3.63) is 76.5 Å². The topological polar surface area (TPSA) is 45.7 Å². The van der Waals surface area contributed by atoms with Crippen molar-refractivity contribution in [2.45, 2.75) is 20.0 Å². The van der Waals surface area contributed by atoms with Gasteiger partial charge in [-0.3, -0.25) is 9.69 Å². The van der Waals surface area contributed by atoms with Crippen LogP contribution in [-0.4, -0.2) is 24.7 Å². The number of aryl methyl sites for hydroxylation is 1. The average molecular weight is 463 g/mol. The molecule has 0 aliphatic carbocycles. The van der Waals surface area contributed by atoms with Crippen molar-refractivity contribution in [1.82, 2.24) is 4.98 Å². The maximum absolute atomic E-state index is 14.3. The molecule has 3 aromatic rings. The van der Waals surface area contributed by atoms with Crippen molar-refractivity contribution >= 4 is 23.0 Å². The average Bonchev–Trinajstić information content (AvgIpc) is 2.78. The molecule has 1 aliphatic heterocycles. The van der Waals surface area contributed by atoms with Gasteiger partial charge in [0, 0.05) is 17.3 Å². The SMILES string of the molecule is COc1ccc(N2CN(c3ccc(F)c(F)c3C)c3ccc(C(F)(F)F)cc3C2=O)c(C)n1. The van der Waals surface area contributed by atoms with E-state index in [0.29, 0.717) is 17.3 Å². The summed E-state index contributed by atoms with van der Waals surface area (Å²) in [6.45, 7) is 2.83. The van der Waals surface area contributed by atoms with E-state index in [0.717, 1.165) is 24.3 Å². The number of rotatable bonds is 3. The number of anilines is 3. The van der Waals surface area contributed by atoms with Crippen LogP contribution in [0.3, 0.4) is 0 Å². The van der Waals surface area contributed by atoms with E-state index in [1.807, 2.05) is 0 Å². The van der Waals surface area contributed by atoms with Crippen LogP contribution in [0, 0.1) is 25.5 Å². The van der Waals surface area contributed by atoms with Crippen LogP contribution in [0.15, 0.2) is 42.5 Å². The standard InChI is InChI=1S/C23H18F5N3O2/c1-12-17(7-5-16(24)21(12)25)30-11-31(18-8-9-20(33-3)29-13(18)2)22(32)15-10-14(23(26,27)28)4-6-19(15)30/h4-10H,11H2,1-3H3. The lowest BCUT2D eigenvalue weighted by Gasteiger charge is -2.39. The lowest BCUT2D eigenvalue weighted by Crippen LogP contribution is -2.45. The van der Waals surface area contributed by atoms with Gasteiger partial charge < -0.3 is 9.64 Å². The van der Waals surface area contributed by atoms with Gasteiger partial charge in [-0.05, 0) is 50.2 Å². The molecule has 0 fully saturated rings. The highest BCUT2D eigenvalue weighted by Crippen LogP contribution is 2.41. The van der Waals surface area contributed by atoms with E-state index in [1.165, 1.54) is 36.0 Å². The van der Waals surface area contributed by atoms with Crippen molar-refractivity contribution in [3.8, 4) is 5.88 Å². The Bertz CT molecular complexity index is 1260. The first-order chi connectivity index (χ1) is 15.5. The Hall–Kier alpha value is -3.69. The van der Waals surface area contributed by atoms with Crippen LogP contribution in [0.2, 0.25) is 0 Å². The van der Waals surface area contributed by atoms with Crippen LogP contribution in [0.5, 0.6) is 5.88 Å². The van der Waals surface area contributed by atoms with Gasteiger partial charge in [-0.15, -0.1) is 0 Å². The third-order valence-corrected chi connectivity index (χ3v) is 5.51. The van der Waals surface area contributed by atoms with Crippen molar-refractivity contribution < 1.29 is 31.5 Å². The summed E-state index contributed by atoms with van der Waals surface area (Å²) >= 11 is 0. The molecule has 172 valence electrons. The number of aromatic nitrogens is 1. The van der Waals surface area contributed by atoms with Crippen molar-refractivity contribution in [1.29, 1.82) is 0 Å². The molecule has 2 aromatic carbocycles. The van der Waals surface area contributed by atoms with Gasteiger partial charge in [-0.2, -0.15) is 13.2 Å². The first-order valence-electron chi connectivity index (χ1n) is 9.79. The molecule has 33 heavy (non-hydrogen) atoms. The number of ether oxygens (including phenoxy) is 1. The van der Waals surface area contributed by atoms with E-state index in [2.05, 4.69) is 4.98 Å². The van der Waals surface area contributed by atoms with Gasteiger partial charge in [0.2, 0.25) is 5.88 Å². The molecule has 0 saturated heterocycles. The van der Waals surface area contributed by atoms with E-state index in [9.17, 15) is 26.7 Å². The quantitative estimate of drug-likeness (QED) is 0.464. The molecule has 10 heteroatoms. The summed E-state index contributed by atoms with van der Waals surface area (Å²) < 4.78 is 73.3. The van der Waals surface area contributed by atoms with Crippen LogP contribution in [0.4, 0.5) is 39.0 Å². The minimum absolute atomic E-state index is 0.0419. The molecule has 5 nitrogen and oxygen atoms in total. The summed E-state index contributed by atoms with van der Waals surface area (Å²) in [5.74, 6) is -2.51. The molecule has 0 unspecified atom stereocenters. The Balaban J connectivity index is 1.92. The smallest absolute Gasteiger partial charge is 0.416 e. The van der Waals surface area contributed by atoms with Gasteiger partial charge in [0.05, 0.1) is 35.3 Å². The molecule has 1 aliphatic rings. The second-order valence-electron chi connectivity index (χ2n) is 7.50. The number of nitrogens with zero attached hydrogens (tertiary/aromatic N) is 3. The van der Waals surface area contributed by atoms with E-state index in [4.69, 9.17) is 4.74 Å². The summed E-state index contributed by atoms with van der Waals surface area (Å²) in [5.41, 5.74) is -0.156. The number of hydrogen-bond acceptors (Lipinski definition) is 4. The Morgan fingerprint density at radius 1 is 0.939 bits per heavy atom. The zero-order chi connectivity index (χ0) is 24.1. The second kappa shape index (κ2) is 8.02. The van der Waals surface area contributed by atoms with E-state index < -0.39 is 29.3 Å². The third kappa shape index (κ3) is 3.85. The molecule has 0 spiro atoms. The van der Waals surface area contributed by atoms with Crippen LogP contribution >= 0.6 is 0 Å². The summed E-state index contributed by atoms with van der Waals surface area (Å²) in [4.78, 5) is 20.3. The van der Waals surface area contributed by atoms with Gasteiger partial charge in [0.15, 0.2) is 11.6 Å². The number of pyridine rings is 1. The molecule has 4 rings (SSSR count). The number of methoxy groups -OCH3 is 1. The fourth-order valence-electron chi connectivity index (χ4n) is 3.80. The lowest BCUT2D eigenvalue weighted by atomic mass is 10.0. The predicted octanol–water partition coefficient (Wildman–Crippen LogP) is 5.76. The van der Waals surface area contributed by atoms with Gasteiger partial charge in [0.1, 0.15) is 6.67 Å². The van der Waals surface area contributed by atoms with Crippen molar-refractivity contribution in [3.63, 3.8) is 0 Å². The van der Waals surface area contributed by atoms with Crippen LogP contribution in [-0.2, 0) is 6.18 Å². The van der Waals surface area contributed by atoms with Crippen LogP contribution in [0.25, 0.3) is 0 Å². The third-order valence-electron chi connectivity index (χ3n) is 5.51. The number of fused-ring (bicyclic) bond motifs is 1. The Kier molecular flexibility index (Phi) is 5.47. The summed E-state index contributed by atoms with van der Waals surface area (Å²) in [7, 11) is 1.43. The van der Waals surface area contributed by atoms with Gasteiger partial charge in [-0.25, -0.2) is 13.8 Å². The minimum Gasteiger partial charge on any atom is -0.481 e. The molecule has 0 radical (unpaired) electrons. The molecule has 0 bridgehead atoms. The summed E-state index contributed by atoms with van der Waals surface area (Å²) in [5, 5.41) is 0. The van der Waals surface area contributed by atoms with Crippen molar-refractivity contribution in [2.75, 3.05) is 23.6 Å². The molecular weight excluding hydrogens is 445 g/mol. The number of carbonyl (C=O) groups excluding carboxylic acids is 1. The fraction of sp³-hybridized carbons (Fsp3) is 0.217. The molecule has 2 heterocycles. The normalized spacial score (nSPS) is 13.9. The fourth-order valence-corrected chi connectivity index (χ4v) is 3.80. The monoisotopic (exact) mass is 463 g/mol. The highest BCUT2D eigenvalue weighted by molar-refractivity contribution is 6.13. The predicted molar refractivity (Wildman–Crippen MR) is 112 cm³/mol. The largest absolute Gasteiger partial charge is 0.481 e. The highest BCUT2D eigenvalue weighted by atomic mass is 19.4. The summed E-state index contributed by atoms with van der Waals surface area (Å²) in [6.07, 6.45) is -4.67. The molecular formula is C23H18F5N3O2. The Morgan fingerprint density at radius 3 is 2.24 bits per heavy atom. The zero-order valence-electron chi connectivity index (χ0n) is 17.8. The maximum Gasteiger partial charge on any atom is 0.416 e. The molecule has 1 aromatic heterocycles. The number of benzene rings is 2.